The highest BCUT2D eigenvalue weighted by atomic mass is 19.3. The van der Waals surface area contributed by atoms with E-state index < -0.39 is 12.0 Å². The molecule has 0 fully saturated rings. The molecule has 1 atom stereocenters. The van der Waals surface area contributed by atoms with Gasteiger partial charge in [0.25, 0.3) is 6.43 Å². The summed E-state index contributed by atoms with van der Waals surface area (Å²) >= 11 is 0. The highest BCUT2D eigenvalue weighted by Gasteiger charge is 2.30. The molecule has 1 aliphatic heterocycles. The van der Waals surface area contributed by atoms with E-state index in [4.69, 9.17) is 0 Å². The predicted molar refractivity (Wildman–Crippen MR) is 108 cm³/mol. The molecule has 1 aliphatic rings. The maximum Gasteiger partial charge on any atom is 0.251 e. The third-order valence-corrected chi connectivity index (χ3v) is 5.75. The molecule has 3 aromatic rings. The maximum atomic E-state index is 12.9. The summed E-state index contributed by atoms with van der Waals surface area (Å²) in [4.78, 5) is 1.83. The monoisotopic (exact) mass is 384 g/mol. The van der Waals surface area contributed by atoms with E-state index in [9.17, 15) is 13.9 Å². The quantitative estimate of drug-likeness (QED) is 0.703. The highest BCUT2D eigenvalue weighted by Crippen LogP contribution is 2.34. The number of fused-ring (bicyclic) bond motifs is 3. The summed E-state index contributed by atoms with van der Waals surface area (Å²) < 4.78 is 28.0. The molecule has 0 bridgehead atoms. The first-order valence-corrected chi connectivity index (χ1v) is 9.74. The first-order chi connectivity index (χ1) is 13.3. The Balaban J connectivity index is 1.77. The Morgan fingerprint density at radius 1 is 1.14 bits per heavy atom. The zero-order valence-corrected chi connectivity index (χ0v) is 16.3. The smallest absolute Gasteiger partial charge is 0.251 e. The molecule has 0 aliphatic carbocycles. The van der Waals surface area contributed by atoms with Gasteiger partial charge in [-0.1, -0.05) is 42.0 Å². The average molecular weight is 384 g/mol. The van der Waals surface area contributed by atoms with Crippen LogP contribution in [0.25, 0.3) is 10.9 Å². The molecule has 1 aromatic heterocycles. The van der Waals surface area contributed by atoms with Crippen LogP contribution in [-0.2, 0) is 25.1 Å². The Labute approximate surface area is 164 Å². The van der Waals surface area contributed by atoms with E-state index in [1.165, 1.54) is 0 Å². The van der Waals surface area contributed by atoms with Gasteiger partial charge in [-0.15, -0.1) is 0 Å². The molecule has 1 unspecified atom stereocenters. The van der Waals surface area contributed by atoms with E-state index in [1.54, 1.807) is 0 Å². The largest absolute Gasteiger partial charge is 0.384 e. The number of halogens is 2. The molecule has 0 saturated carbocycles. The van der Waals surface area contributed by atoms with Crippen LogP contribution >= 0.6 is 0 Å². The van der Waals surface area contributed by atoms with Crippen molar-refractivity contribution in [2.24, 2.45) is 0 Å². The van der Waals surface area contributed by atoms with Gasteiger partial charge in [-0.3, -0.25) is 4.90 Å². The van der Waals surface area contributed by atoms with Gasteiger partial charge in [-0.05, 0) is 37.1 Å². The van der Waals surface area contributed by atoms with Gasteiger partial charge in [-0.2, -0.15) is 0 Å². The molecule has 0 spiro atoms. The number of alkyl halides is 2. The topological polar surface area (TPSA) is 28.4 Å². The number of rotatable bonds is 5. The van der Waals surface area contributed by atoms with Gasteiger partial charge in [0.15, 0.2) is 0 Å². The molecule has 2 aromatic carbocycles. The predicted octanol–water partition coefficient (Wildman–Crippen LogP) is 4.48. The van der Waals surface area contributed by atoms with Gasteiger partial charge >= 0.3 is 0 Å². The van der Waals surface area contributed by atoms with Crippen molar-refractivity contribution in [2.45, 2.75) is 45.4 Å². The van der Waals surface area contributed by atoms with E-state index in [2.05, 4.69) is 22.8 Å². The maximum absolute atomic E-state index is 12.9. The fourth-order valence-electron chi connectivity index (χ4n) is 4.35. The number of aromatic nitrogens is 1. The van der Waals surface area contributed by atoms with Gasteiger partial charge < -0.3 is 9.67 Å². The van der Waals surface area contributed by atoms with E-state index >= 15 is 0 Å². The molecule has 5 heteroatoms. The normalized spacial score (nSPS) is 17.1. The summed E-state index contributed by atoms with van der Waals surface area (Å²) in [6.07, 6.45) is -1.61. The fourth-order valence-corrected chi connectivity index (χ4v) is 4.35. The van der Waals surface area contributed by atoms with Crippen LogP contribution in [0.4, 0.5) is 8.78 Å². The Kier molecular flexibility index (Phi) is 4.98. The highest BCUT2D eigenvalue weighted by molar-refractivity contribution is 5.86. The fraction of sp³-hybridized carbons (Fsp3) is 0.391. The van der Waals surface area contributed by atoms with Crippen LogP contribution in [0.15, 0.2) is 48.5 Å². The zero-order valence-electron chi connectivity index (χ0n) is 16.3. The third-order valence-electron chi connectivity index (χ3n) is 5.75. The molecule has 1 N–H and O–H groups in total. The first-order valence-electron chi connectivity index (χ1n) is 9.74. The number of aryl methyl sites for hydroxylation is 1. The molecule has 4 rings (SSSR count). The Hall–Kier alpha value is -2.24. The van der Waals surface area contributed by atoms with Gasteiger partial charge in [-0.25, -0.2) is 8.78 Å². The second-order valence-corrected chi connectivity index (χ2v) is 8.05. The van der Waals surface area contributed by atoms with Crippen molar-refractivity contribution >= 4 is 10.9 Å². The minimum absolute atomic E-state index is 0.195. The van der Waals surface area contributed by atoms with Gasteiger partial charge in [0, 0.05) is 36.1 Å². The minimum Gasteiger partial charge on any atom is -0.384 e. The molecule has 28 heavy (non-hydrogen) atoms. The van der Waals surface area contributed by atoms with E-state index in [0.717, 1.165) is 33.3 Å². The number of benzene rings is 2. The lowest BCUT2D eigenvalue weighted by Crippen LogP contribution is -2.35. The van der Waals surface area contributed by atoms with Crippen molar-refractivity contribution in [1.82, 2.24) is 9.47 Å². The molecule has 0 saturated heterocycles. The van der Waals surface area contributed by atoms with Crippen LogP contribution in [0.2, 0.25) is 0 Å². The molecule has 148 valence electrons. The van der Waals surface area contributed by atoms with Crippen LogP contribution in [0.1, 0.15) is 29.3 Å². The van der Waals surface area contributed by atoms with Crippen molar-refractivity contribution in [3.8, 4) is 0 Å². The molecule has 0 amide bonds. The summed E-state index contributed by atoms with van der Waals surface area (Å²) in [6, 6.07) is 16.0. The third kappa shape index (κ3) is 3.56. The molecular formula is C23H26F2N2O. The molecule has 0 radical (unpaired) electrons. The number of hydrogen-bond acceptors (Lipinski definition) is 2. The summed E-state index contributed by atoms with van der Waals surface area (Å²) in [5.41, 5.74) is 4.33. The SMILES string of the molecule is Cc1ccc2c(c1)c1c(n2CC(C)(O)c2ccccc2)CCN(CC(F)F)C1. The standard InChI is InChI=1S/C23H26F2N2O/c1-16-8-9-20-18(12-16)19-13-26(14-22(24)25)11-10-21(19)27(20)15-23(2,28)17-6-4-3-5-7-17/h3-9,12,22,28H,10-11,13-15H2,1-2H3. The van der Waals surface area contributed by atoms with Crippen LogP contribution in [0, 0.1) is 6.92 Å². The lowest BCUT2D eigenvalue weighted by molar-refractivity contribution is 0.0381. The second-order valence-electron chi connectivity index (χ2n) is 8.05. The summed E-state index contributed by atoms with van der Waals surface area (Å²) in [5.74, 6) is 0. The summed E-state index contributed by atoms with van der Waals surface area (Å²) in [5, 5.41) is 12.3. The van der Waals surface area contributed by atoms with Crippen molar-refractivity contribution < 1.29 is 13.9 Å². The van der Waals surface area contributed by atoms with Crippen molar-refractivity contribution in [3.05, 3.63) is 70.9 Å². The Morgan fingerprint density at radius 2 is 1.89 bits per heavy atom. The Bertz CT molecular complexity index is 979. The molecule has 2 heterocycles. The van der Waals surface area contributed by atoms with E-state index in [0.29, 0.717) is 26.1 Å². The van der Waals surface area contributed by atoms with Crippen LogP contribution in [0.3, 0.4) is 0 Å². The zero-order chi connectivity index (χ0) is 19.9. The van der Waals surface area contributed by atoms with Gasteiger partial charge in [0.05, 0.1) is 13.1 Å². The number of nitrogens with zero attached hydrogens (tertiary/aromatic N) is 2. The van der Waals surface area contributed by atoms with Crippen molar-refractivity contribution in [1.29, 1.82) is 0 Å². The van der Waals surface area contributed by atoms with Crippen molar-refractivity contribution in [3.63, 3.8) is 0 Å². The van der Waals surface area contributed by atoms with Crippen LogP contribution in [-0.4, -0.2) is 34.1 Å². The first kappa shape index (κ1) is 19.1. The summed E-state index contributed by atoms with van der Waals surface area (Å²) in [7, 11) is 0. The Morgan fingerprint density at radius 3 is 2.61 bits per heavy atom. The summed E-state index contributed by atoms with van der Waals surface area (Å²) in [6.45, 7) is 5.25. The van der Waals surface area contributed by atoms with Crippen LogP contribution < -0.4 is 0 Å². The van der Waals surface area contributed by atoms with Crippen LogP contribution in [0.5, 0.6) is 0 Å². The molecule has 3 nitrogen and oxygen atoms in total. The van der Waals surface area contributed by atoms with E-state index in [-0.39, 0.29) is 6.54 Å². The van der Waals surface area contributed by atoms with Gasteiger partial charge in [0.1, 0.15) is 5.60 Å². The lowest BCUT2D eigenvalue weighted by atomic mass is 9.95. The number of hydrogen-bond donors (Lipinski definition) is 1. The molecular weight excluding hydrogens is 358 g/mol. The lowest BCUT2D eigenvalue weighted by Gasteiger charge is -2.30. The van der Waals surface area contributed by atoms with E-state index in [1.807, 2.05) is 49.1 Å². The van der Waals surface area contributed by atoms with Crippen molar-refractivity contribution in [2.75, 3.05) is 13.1 Å². The van der Waals surface area contributed by atoms with Gasteiger partial charge in [0.2, 0.25) is 0 Å². The average Bonchev–Trinajstić information content (AvgIpc) is 2.94. The minimum atomic E-state index is -2.32. The number of aliphatic hydroxyl groups is 1. The second kappa shape index (κ2) is 7.30.